The Morgan fingerprint density at radius 2 is 1.50 bits per heavy atom. The molecule has 5 amide bonds. The van der Waals surface area contributed by atoms with Crippen LogP contribution in [-0.4, -0.2) is 83.8 Å². The molecule has 36 heavy (non-hydrogen) atoms. The van der Waals surface area contributed by atoms with Gasteiger partial charge in [0, 0.05) is 13.0 Å². The number of guanidine groups is 1. The summed E-state index contributed by atoms with van der Waals surface area (Å²) in [6.45, 7) is 0.841. The zero-order valence-corrected chi connectivity index (χ0v) is 19.8. The SMILES string of the molecule is NC(=O)CCC(NC(=O)C(CCCN=C(N)N)NC(=O)C1CCCN1)C(=O)NC(CC(N)=O)C(=O)O. The van der Waals surface area contributed by atoms with E-state index in [4.69, 9.17) is 22.9 Å². The molecule has 0 radical (unpaired) electrons. The van der Waals surface area contributed by atoms with Gasteiger partial charge in [0.25, 0.3) is 0 Å². The third-order valence-electron chi connectivity index (χ3n) is 5.29. The van der Waals surface area contributed by atoms with Crippen LogP contribution in [0.5, 0.6) is 0 Å². The normalized spacial score (nSPS) is 17.2. The number of nitrogens with zero attached hydrogens (tertiary/aromatic N) is 1. The molecule has 0 aliphatic carbocycles. The summed E-state index contributed by atoms with van der Waals surface area (Å²) in [6, 6.07) is -4.59. The van der Waals surface area contributed by atoms with Crippen LogP contribution in [0.25, 0.3) is 0 Å². The van der Waals surface area contributed by atoms with E-state index in [1.807, 2.05) is 0 Å². The van der Waals surface area contributed by atoms with E-state index in [0.717, 1.165) is 6.42 Å². The number of amides is 5. The summed E-state index contributed by atoms with van der Waals surface area (Å²) in [7, 11) is 0. The molecule has 1 heterocycles. The Morgan fingerprint density at radius 3 is 2.00 bits per heavy atom. The number of rotatable bonds is 16. The standard InChI is InChI=1S/C20H35N9O7/c21-14(30)6-5-12(18(34)29-13(19(35)36)9-15(22)31)28-17(33)11(4-2-8-26-20(23)24)27-16(32)10-3-1-7-25-10/h10-13,25H,1-9H2,(H2,21,30)(H2,22,31)(H,27,32)(H,28,33)(H,29,34)(H,35,36)(H4,23,24,26). The van der Waals surface area contributed by atoms with Gasteiger partial charge in [0.2, 0.25) is 29.5 Å². The van der Waals surface area contributed by atoms with Crippen LogP contribution in [0.3, 0.4) is 0 Å². The Kier molecular flexibility index (Phi) is 12.6. The van der Waals surface area contributed by atoms with Gasteiger partial charge in [-0.25, -0.2) is 4.79 Å². The second kappa shape index (κ2) is 15.1. The third kappa shape index (κ3) is 11.5. The van der Waals surface area contributed by atoms with Crippen molar-refractivity contribution in [2.75, 3.05) is 13.1 Å². The van der Waals surface area contributed by atoms with Crippen LogP contribution >= 0.6 is 0 Å². The summed E-state index contributed by atoms with van der Waals surface area (Å²) in [4.78, 5) is 76.0. The first-order valence-electron chi connectivity index (χ1n) is 11.4. The first kappa shape index (κ1) is 30.1. The predicted molar refractivity (Wildman–Crippen MR) is 127 cm³/mol. The van der Waals surface area contributed by atoms with Gasteiger partial charge >= 0.3 is 5.97 Å². The van der Waals surface area contributed by atoms with E-state index in [2.05, 4.69) is 26.3 Å². The van der Waals surface area contributed by atoms with Gasteiger partial charge < -0.3 is 49.3 Å². The zero-order valence-electron chi connectivity index (χ0n) is 19.8. The molecular formula is C20H35N9O7. The number of nitrogens with one attached hydrogen (secondary N) is 4. The minimum absolute atomic E-state index is 0.116. The van der Waals surface area contributed by atoms with Crippen LogP contribution in [0.4, 0.5) is 0 Å². The lowest BCUT2D eigenvalue weighted by Crippen LogP contribution is -2.57. The van der Waals surface area contributed by atoms with Crippen molar-refractivity contribution >= 4 is 41.5 Å². The molecule has 1 aliphatic heterocycles. The summed E-state index contributed by atoms with van der Waals surface area (Å²) in [5.74, 6) is -5.51. The molecule has 13 N–H and O–H groups in total. The summed E-state index contributed by atoms with van der Waals surface area (Å²) in [5, 5.41) is 19.4. The zero-order chi connectivity index (χ0) is 27.3. The molecule has 1 aliphatic rings. The van der Waals surface area contributed by atoms with Crippen molar-refractivity contribution in [3.8, 4) is 0 Å². The van der Waals surface area contributed by atoms with Gasteiger partial charge in [-0.1, -0.05) is 0 Å². The van der Waals surface area contributed by atoms with Crippen molar-refractivity contribution in [1.29, 1.82) is 0 Å². The molecule has 1 saturated heterocycles. The first-order chi connectivity index (χ1) is 16.9. The highest BCUT2D eigenvalue weighted by atomic mass is 16.4. The van der Waals surface area contributed by atoms with Gasteiger partial charge in [0.05, 0.1) is 12.5 Å². The smallest absolute Gasteiger partial charge is 0.326 e. The lowest BCUT2D eigenvalue weighted by atomic mass is 10.1. The van der Waals surface area contributed by atoms with Crippen LogP contribution in [0.15, 0.2) is 4.99 Å². The van der Waals surface area contributed by atoms with Crippen molar-refractivity contribution in [1.82, 2.24) is 21.3 Å². The molecule has 0 aromatic rings. The highest BCUT2D eigenvalue weighted by molar-refractivity contribution is 5.95. The lowest BCUT2D eigenvalue weighted by molar-refractivity contribution is -0.144. The van der Waals surface area contributed by atoms with Crippen LogP contribution < -0.4 is 44.2 Å². The Labute approximate surface area is 207 Å². The van der Waals surface area contributed by atoms with E-state index in [1.54, 1.807) is 0 Å². The van der Waals surface area contributed by atoms with E-state index in [0.29, 0.717) is 19.4 Å². The average molecular weight is 514 g/mol. The van der Waals surface area contributed by atoms with E-state index >= 15 is 0 Å². The van der Waals surface area contributed by atoms with Crippen LogP contribution in [0.2, 0.25) is 0 Å². The first-order valence-corrected chi connectivity index (χ1v) is 11.4. The second-order valence-electron chi connectivity index (χ2n) is 8.29. The van der Waals surface area contributed by atoms with Crippen molar-refractivity contribution in [2.45, 2.75) is 69.1 Å². The van der Waals surface area contributed by atoms with Crippen molar-refractivity contribution in [3.05, 3.63) is 0 Å². The molecule has 0 spiro atoms. The van der Waals surface area contributed by atoms with Crippen LogP contribution in [0, 0.1) is 0 Å². The summed E-state index contributed by atoms with van der Waals surface area (Å²) in [6.07, 6.45) is 0.569. The molecule has 1 rings (SSSR count). The lowest BCUT2D eigenvalue weighted by Gasteiger charge is -2.25. The number of carbonyl (C=O) groups excluding carboxylic acids is 5. The quantitative estimate of drug-likeness (QED) is 0.0541. The summed E-state index contributed by atoms with van der Waals surface area (Å²) in [5.41, 5.74) is 20.8. The molecule has 202 valence electrons. The molecule has 0 saturated carbocycles. The molecule has 0 aromatic heterocycles. The van der Waals surface area contributed by atoms with Crippen LogP contribution in [0.1, 0.15) is 44.9 Å². The fourth-order valence-corrected chi connectivity index (χ4v) is 3.45. The molecule has 4 atom stereocenters. The van der Waals surface area contributed by atoms with Crippen LogP contribution in [-0.2, 0) is 28.8 Å². The van der Waals surface area contributed by atoms with E-state index < -0.39 is 66.1 Å². The Bertz CT molecular complexity index is 854. The van der Waals surface area contributed by atoms with E-state index in [9.17, 15) is 33.9 Å². The molecule has 0 bridgehead atoms. The van der Waals surface area contributed by atoms with Crippen molar-refractivity contribution in [2.24, 2.45) is 27.9 Å². The Hall–Kier alpha value is -3.95. The fourth-order valence-electron chi connectivity index (χ4n) is 3.45. The highest BCUT2D eigenvalue weighted by Crippen LogP contribution is 2.08. The Balaban J connectivity index is 2.99. The predicted octanol–water partition coefficient (Wildman–Crippen LogP) is -4.53. The van der Waals surface area contributed by atoms with Gasteiger partial charge in [-0.2, -0.15) is 0 Å². The fraction of sp³-hybridized carbons (Fsp3) is 0.650. The molecule has 4 unspecified atom stereocenters. The summed E-state index contributed by atoms with van der Waals surface area (Å²) >= 11 is 0. The van der Waals surface area contributed by atoms with E-state index in [-0.39, 0.29) is 31.8 Å². The average Bonchev–Trinajstić information content (AvgIpc) is 3.32. The van der Waals surface area contributed by atoms with Gasteiger partial charge in [0.15, 0.2) is 5.96 Å². The van der Waals surface area contributed by atoms with Gasteiger partial charge in [-0.05, 0) is 38.6 Å². The summed E-state index contributed by atoms with van der Waals surface area (Å²) < 4.78 is 0. The molecular weight excluding hydrogens is 478 g/mol. The van der Waals surface area contributed by atoms with E-state index in [1.165, 1.54) is 0 Å². The highest BCUT2D eigenvalue weighted by Gasteiger charge is 2.31. The van der Waals surface area contributed by atoms with Gasteiger partial charge in [0.1, 0.15) is 18.1 Å². The number of aliphatic carboxylic acids is 1. The largest absolute Gasteiger partial charge is 0.480 e. The van der Waals surface area contributed by atoms with Gasteiger partial charge in [-0.15, -0.1) is 0 Å². The van der Waals surface area contributed by atoms with Gasteiger partial charge in [-0.3, -0.25) is 29.0 Å². The number of primary amides is 2. The van der Waals surface area contributed by atoms with Crippen molar-refractivity contribution in [3.63, 3.8) is 0 Å². The second-order valence-corrected chi connectivity index (χ2v) is 8.29. The van der Waals surface area contributed by atoms with Crippen molar-refractivity contribution < 1.29 is 33.9 Å². The number of carboxylic acids is 1. The number of hydrogen-bond donors (Lipinski definition) is 9. The maximum absolute atomic E-state index is 13.1. The minimum atomic E-state index is -1.65. The molecule has 1 fully saturated rings. The number of carboxylic acid groups (broad SMARTS) is 1. The maximum atomic E-state index is 13.1. The Morgan fingerprint density at radius 1 is 0.889 bits per heavy atom. The molecule has 16 nitrogen and oxygen atoms in total. The maximum Gasteiger partial charge on any atom is 0.326 e. The topological polar surface area (TPSA) is 287 Å². The third-order valence-corrected chi connectivity index (χ3v) is 5.29. The molecule has 0 aromatic carbocycles. The number of nitrogens with two attached hydrogens (primary N) is 4. The number of hydrogen-bond acceptors (Lipinski definition) is 8. The number of carbonyl (C=O) groups is 6. The number of aliphatic imine (C=N–C) groups is 1. The monoisotopic (exact) mass is 513 g/mol. The molecule has 16 heteroatoms. The minimum Gasteiger partial charge on any atom is -0.480 e.